The van der Waals surface area contributed by atoms with Gasteiger partial charge in [0.15, 0.2) is 0 Å². The van der Waals surface area contributed by atoms with E-state index in [1.165, 1.54) is 93.5 Å². The minimum absolute atomic E-state index is 0.261. The summed E-state index contributed by atoms with van der Waals surface area (Å²) in [4.78, 5) is 4.78. The topological polar surface area (TPSA) is 11.4 Å². The highest BCUT2D eigenvalue weighted by Crippen LogP contribution is 2.57. The second-order valence-electron chi connectivity index (χ2n) is 20.5. The highest BCUT2D eigenvalue weighted by atomic mass is 15.1. The maximum absolute atomic E-state index is 2.65. The summed E-state index contributed by atoms with van der Waals surface area (Å²) in [6, 6.07) is 87.5. The Labute approximate surface area is 415 Å². The van der Waals surface area contributed by atoms with E-state index in [4.69, 9.17) is 0 Å². The predicted octanol–water partition coefficient (Wildman–Crippen LogP) is 18.6. The van der Waals surface area contributed by atoms with Crippen LogP contribution in [-0.2, 0) is 10.8 Å². The number of hydrogen-bond acceptors (Lipinski definition) is 2. The average Bonchev–Trinajstić information content (AvgIpc) is 3.75. The van der Waals surface area contributed by atoms with Crippen molar-refractivity contribution in [2.45, 2.75) is 38.5 Å². The van der Waals surface area contributed by atoms with E-state index in [9.17, 15) is 0 Å². The van der Waals surface area contributed by atoms with E-state index in [2.05, 4.69) is 279 Å². The molecular formula is C68H51N3. The molecule has 71 heavy (non-hydrogen) atoms. The van der Waals surface area contributed by atoms with Crippen molar-refractivity contribution in [3.8, 4) is 27.9 Å². The SMILES string of the molecule is CC1(C)c2cccc3c2-n2c4c1cc(-c1ccc(N(c5ccccc5)c5ccccc5)c5ccccc15)cc4c1cc(-c4ccc(N(c5ccccc5)c5ccccc5)c5ccccc45)cc(c12)C3(C)C. The van der Waals surface area contributed by atoms with Gasteiger partial charge in [0.2, 0.25) is 0 Å². The summed E-state index contributed by atoms with van der Waals surface area (Å²) in [7, 11) is 0. The van der Waals surface area contributed by atoms with E-state index in [0.717, 1.165) is 34.1 Å². The van der Waals surface area contributed by atoms with Gasteiger partial charge in [0, 0.05) is 55.1 Å². The van der Waals surface area contributed by atoms with Crippen LogP contribution in [0.15, 0.2) is 237 Å². The smallest absolute Gasteiger partial charge is 0.0582 e. The first-order chi connectivity index (χ1) is 34.8. The summed E-state index contributed by atoms with van der Waals surface area (Å²) in [5, 5.41) is 7.47. The molecule has 2 aliphatic rings. The number of rotatable bonds is 8. The van der Waals surface area contributed by atoms with Crippen LogP contribution in [0.4, 0.5) is 34.1 Å². The molecule has 0 amide bonds. The summed E-state index contributed by atoms with van der Waals surface area (Å²) in [6.07, 6.45) is 0. The fraction of sp³-hybridized carbons (Fsp3) is 0.0882. The number of aromatic nitrogens is 1. The molecule has 0 atom stereocenters. The maximum atomic E-state index is 2.65. The lowest BCUT2D eigenvalue weighted by Gasteiger charge is -2.42. The maximum Gasteiger partial charge on any atom is 0.0582 e. The van der Waals surface area contributed by atoms with Crippen molar-refractivity contribution in [3.05, 3.63) is 259 Å². The first-order valence-corrected chi connectivity index (χ1v) is 24.9. The highest BCUT2D eigenvalue weighted by molar-refractivity contribution is 6.18. The Hall–Kier alpha value is -8.66. The molecule has 338 valence electrons. The highest BCUT2D eigenvalue weighted by Gasteiger charge is 2.44. The van der Waals surface area contributed by atoms with Crippen LogP contribution in [0.5, 0.6) is 0 Å². The van der Waals surface area contributed by atoms with Gasteiger partial charge in [-0.1, -0.05) is 179 Å². The number of hydrogen-bond donors (Lipinski definition) is 0. The van der Waals surface area contributed by atoms with Crippen molar-refractivity contribution in [1.82, 2.24) is 4.57 Å². The van der Waals surface area contributed by atoms with Gasteiger partial charge in [-0.15, -0.1) is 0 Å². The lowest BCUT2D eigenvalue weighted by molar-refractivity contribution is 0.594. The van der Waals surface area contributed by atoms with E-state index in [1.807, 2.05) is 0 Å². The van der Waals surface area contributed by atoms with Crippen molar-refractivity contribution >= 4 is 77.5 Å². The summed E-state index contributed by atoms with van der Waals surface area (Å²) in [5.74, 6) is 0. The number of fused-ring (bicyclic) bond motifs is 3. The van der Waals surface area contributed by atoms with Gasteiger partial charge in [-0.3, -0.25) is 0 Å². The molecule has 3 nitrogen and oxygen atoms in total. The van der Waals surface area contributed by atoms with Crippen molar-refractivity contribution in [2.24, 2.45) is 0 Å². The zero-order chi connectivity index (χ0) is 47.6. The van der Waals surface area contributed by atoms with Crippen molar-refractivity contribution in [3.63, 3.8) is 0 Å². The van der Waals surface area contributed by atoms with Gasteiger partial charge in [-0.25, -0.2) is 0 Å². The molecule has 12 aromatic rings. The van der Waals surface area contributed by atoms with Crippen LogP contribution in [-0.4, -0.2) is 4.57 Å². The minimum atomic E-state index is -0.261. The van der Waals surface area contributed by atoms with Crippen LogP contribution in [0, 0.1) is 0 Å². The van der Waals surface area contributed by atoms with Crippen LogP contribution in [0.2, 0.25) is 0 Å². The van der Waals surface area contributed by atoms with Crippen molar-refractivity contribution in [2.75, 3.05) is 9.80 Å². The zero-order valence-electron chi connectivity index (χ0n) is 40.4. The Balaban J connectivity index is 1.03. The molecule has 0 unspecified atom stereocenters. The standard InChI is InChI=1S/C68H51N3/c1-67(2)58-34-21-35-59-66(58)71-64-56(40-44(42-60(64)67)50-36-38-62(54-32-19-17-30-52(50)54)69(46-22-9-5-10-23-46)47-24-11-6-12-25-47)57-41-45(43-61(65(57)71)68(59,3)4)51-37-39-63(55-33-20-18-31-53(51)55)70(48-26-13-7-14-27-48)49-28-15-8-16-29-49/h5-43H,1-4H3. The van der Waals surface area contributed by atoms with Crippen LogP contribution < -0.4 is 9.80 Å². The third-order valence-corrected chi connectivity index (χ3v) is 15.9. The summed E-state index contributed by atoms with van der Waals surface area (Å²) in [5.41, 5.74) is 20.7. The molecule has 0 bridgehead atoms. The molecule has 0 fully saturated rings. The Kier molecular flexibility index (Phi) is 8.98. The van der Waals surface area contributed by atoms with E-state index in [-0.39, 0.29) is 10.8 Å². The van der Waals surface area contributed by atoms with Crippen LogP contribution in [0.25, 0.3) is 71.3 Å². The average molecular weight is 910 g/mol. The molecular weight excluding hydrogens is 859 g/mol. The second-order valence-corrected chi connectivity index (χ2v) is 20.5. The predicted molar refractivity (Wildman–Crippen MR) is 300 cm³/mol. The quantitative estimate of drug-likeness (QED) is 0.150. The van der Waals surface area contributed by atoms with E-state index < -0.39 is 0 Å². The van der Waals surface area contributed by atoms with Gasteiger partial charge >= 0.3 is 0 Å². The molecule has 1 aromatic heterocycles. The lowest BCUT2D eigenvalue weighted by atomic mass is 9.68. The Morgan fingerprint density at radius 1 is 0.296 bits per heavy atom. The Bertz CT molecular complexity index is 3750. The number of benzene rings is 11. The molecule has 0 saturated carbocycles. The first kappa shape index (κ1) is 41.3. The van der Waals surface area contributed by atoms with E-state index >= 15 is 0 Å². The Morgan fingerprint density at radius 2 is 0.634 bits per heavy atom. The van der Waals surface area contributed by atoms with E-state index in [0.29, 0.717) is 0 Å². The molecule has 0 aliphatic carbocycles. The molecule has 0 spiro atoms. The van der Waals surface area contributed by atoms with Crippen molar-refractivity contribution < 1.29 is 0 Å². The fourth-order valence-corrected chi connectivity index (χ4v) is 12.5. The number of anilines is 6. The number of nitrogens with zero attached hydrogens (tertiary/aromatic N) is 3. The third-order valence-electron chi connectivity index (χ3n) is 15.9. The zero-order valence-corrected chi connectivity index (χ0v) is 40.4. The lowest BCUT2D eigenvalue weighted by Crippen LogP contribution is -2.33. The second kappa shape index (κ2) is 15.4. The molecule has 0 radical (unpaired) electrons. The van der Waals surface area contributed by atoms with Gasteiger partial charge in [0.05, 0.1) is 28.1 Å². The summed E-state index contributed by atoms with van der Waals surface area (Å²) < 4.78 is 2.65. The third kappa shape index (κ3) is 6.02. The number of para-hydroxylation sites is 5. The van der Waals surface area contributed by atoms with Gasteiger partial charge in [-0.2, -0.15) is 0 Å². The van der Waals surface area contributed by atoms with Gasteiger partial charge < -0.3 is 14.4 Å². The van der Waals surface area contributed by atoms with Crippen LogP contribution >= 0.6 is 0 Å². The first-order valence-electron chi connectivity index (χ1n) is 24.9. The van der Waals surface area contributed by atoms with Gasteiger partial charge in [0.25, 0.3) is 0 Å². The molecule has 3 heteroatoms. The molecule has 11 aromatic carbocycles. The molecule has 2 aliphatic heterocycles. The largest absolute Gasteiger partial charge is 0.310 e. The minimum Gasteiger partial charge on any atom is -0.310 e. The summed E-state index contributed by atoms with van der Waals surface area (Å²) >= 11 is 0. The molecule has 0 N–H and O–H groups in total. The monoisotopic (exact) mass is 909 g/mol. The molecule has 0 saturated heterocycles. The van der Waals surface area contributed by atoms with Gasteiger partial charge in [0.1, 0.15) is 0 Å². The summed E-state index contributed by atoms with van der Waals surface area (Å²) in [6.45, 7) is 9.77. The van der Waals surface area contributed by atoms with Gasteiger partial charge in [-0.05, 0) is 140 Å². The van der Waals surface area contributed by atoms with Crippen LogP contribution in [0.3, 0.4) is 0 Å². The fourth-order valence-electron chi connectivity index (χ4n) is 12.5. The normalized spacial score (nSPS) is 13.9. The molecule has 3 heterocycles. The molecule has 14 rings (SSSR count). The van der Waals surface area contributed by atoms with E-state index in [1.54, 1.807) is 0 Å². The van der Waals surface area contributed by atoms with Crippen LogP contribution in [0.1, 0.15) is 49.9 Å². The Morgan fingerprint density at radius 3 is 1.00 bits per heavy atom. The van der Waals surface area contributed by atoms with Crippen molar-refractivity contribution in [1.29, 1.82) is 0 Å².